The third-order valence-corrected chi connectivity index (χ3v) is 4.32. The number of anilines is 2. The molecular weight excluding hydrogens is 386 g/mol. The third-order valence-electron chi connectivity index (χ3n) is 4.32. The van der Waals surface area contributed by atoms with Crippen molar-refractivity contribution >= 4 is 29.2 Å². The van der Waals surface area contributed by atoms with Gasteiger partial charge in [0.25, 0.3) is 17.2 Å². The fraction of sp³-hybridized carbons (Fsp3) is 0.0952. The number of nitro benzene ring substituents is 1. The van der Waals surface area contributed by atoms with Crippen molar-refractivity contribution in [1.29, 1.82) is 0 Å². The van der Waals surface area contributed by atoms with E-state index in [4.69, 9.17) is 0 Å². The quantitative estimate of drug-likeness (QED) is 0.369. The van der Waals surface area contributed by atoms with E-state index in [9.17, 15) is 19.7 Å². The number of nitro groups is 1. The van der Waals surface area contributed by atoms with Crippen LogP contribution in [0.5, 0.6) is 0 Å². The Hall–Kier alpha value is -4.27. The Balaban J connectivity index is 1.73. The molecule has 3 rings (SSSR count). The van der Waals surface area contributed by atoms with E-state index in [2.05, 4.69) is 10.5 Å². The predicted octanol–water partition coefficient (Wildman–Crippen LogP) is 2.67. The number of aromatic nitrogens is 1. The summed E-state index contributed by atoms with van der Waals surface area (Å²) in [5, 5.41) is 15.4. The topological polar surface area (TPSA) is 110 Å². The highest BCUT2D eigenvalue weighted by molar-refractivity contribution is 5.85. The number of para-hydroxylation sites is 1. The summed E-state index contributed by atoms with van der Waals surface area (Å²) in [4.78, 5) is 36.4. The van der Waals surface area contributed by atoms with E-state index in [1.54, 1.807) is 36.2 Å². The number of benzene rings is 2. The molecule has 0 spiro atoms. The van der Waals surface area contributed by atoms with Gasteiger partial charge in [-0.2, -0.15) is 5.10 Å². The first-order valence-corrected chi connectivity index (χ1v) is 9.00. The molecule has 1 amide bonds. The van der Waals surface area contributed by atoms with Gasteiger partial charge in [0.15, 0.2) is 0 Å². The first kappa shape index (κ1) is 20.5. The van der Waals surface area contributed by atoms with Crippen molar-refractivity contribution in [1.82, 2.24) is 9.99 Å². The maximum Gasteiger partial charge on any atom is 0.293 e. The Bertz CT molecular complexity index is 1140. The molecule has 0 aliphatic carbocycles. The van der Waals surface area contributed by atoms with Crippen LogP contribution in [0.25, 0.3) is 0 Å². The number of hydrogen-bond acceptors (Lipinski definition) is 6. The van der Waals surface area contributed by atoms with E-state index in [1.807, 2.05) is 30.3 Å². The molecule has 1 aromatic heterocycles. The molecule has 1 N–H and O–H groups in total. The summed E-state index contributed by atoms with van der Waals surface area (Å²) in [6.07, 6.45) is 2.81. The van der Waals surface area contributed by atoms with E-state index in [0.29, 0.717) is 11.3 Å². The summed E-state index contributed by atoms with van der Waals surface area (Å²) in [6.45, 7) is -0.183. The van der Waals surface area contributed by atoms with Crippen molar-refractivity contribution in [2.24, 2.45) is 5.10 Å². The normalized spacial score (nSPS) is 10.7. The molecule has 30 heavy (non-hydrogen) atoms. The van der Waals surface area contributed by atoms with E-state index >= 15 is 0 Å². The zero-order valence-electron chi connectivity index (χ0n) is 16.1. The Kier molecular flexibility index (Phi) is 6.33. The number of nitrogens with one attached hydrogen (secondary N) is 1. The lowest BCUT2D eigenvalue weighted by Gasteiger charge is -2.19. The summed E-state index contributed by atoms with van der Waals surface area (Å²) in [6, 6.07) is 18.5. The molecule has 0 aliphatic rings. The monoisotopic (exact) mass is 405 g/mol. The van der Waals surface area contributed by atoms with Crippen LogP contribution in [0.1, 0.15) is 5.56 Å². The molecule has 0 bridgehead atoms. The summed E-state index contributed by atoms with van der Waals surface area (Å²) in [7, 11) is 1.75. The van der Waals surface area contributed by atoms with Gasteiger partial charge < -0.3 is 9.47 Å². The predicted molar refractivity (Wildman–Crippen MR) is 114 cm³/mol. The van der Waals surface area contributed by atoms with Crippen molar-refractivity contribution in [2.45, 2.75) is 6.54 Å². The largest absolute Gasteiger partial charge is 0.339 e. The van der Waals surface area contributed by atoms with Crippen LogP contribution in [0, 0.1) is 10.1 Å². The maximum absolute atomic E-state index is 11.9. The molecule has 0 saturated heterocycles. The summed E-state index contributed by atoms with van der Waals surface area (Å²) in [5.41, 5.74) is 3.60. The van der Waals surface area contributed by atoms with Crippen LogP contribution in [-0.4, -0.2) is 28.7 Å². The van der Waals surface area contributed by atoms with E-state index in [-0.39, 0.29) is 17.8 Å². The number of hydrazone groups is 1. The van der Waals surface area contributed by atoms with Crippen molar-refractivity contribution in [2.75, 3.05) is 11.9 Å². The first-order chi connectivity index (χ1) is 14.5. The molecule has 1 heterocycles. The number of carbonyl (C=O) groups is 1. The standard InChI is InChI=1S/C21H19N5O4/c1-24(17-7-3-2-4-8-17)18-11-10-16(13-19(18)26(29)30)14-22-23-20(27)15-25-12-6-5-9-21(25)28/h2-14H,15H2,1H3,(H,23,27)/b22-14-. The number of pyridine rings is 1. The molecule has 0 aliphatic heterocycles. The highest BCUT2D eigenvalue weighted by Gasteiger charge is 2.18. The Morgan fingerprint density at radius 3 is 2.60 bits per heavy atom. The Labute approximate surface area is 172 Å². The molecule has 0 fully saturated rings. The fourth-order valence-corrected chi connectivity index (χ4v) is 2.80. The van der Waals surface area contributed by atoms with Gasteiger partial charge in [-0.15, -0.1) is 0 Å². The minimum atomic E-state index is -0.491. The summed E-state index contributed by atoms with van der Waals surface area (Å²) >= 11 is 0. The molecule has 0 saturated carbocycles. The SMILES string of the molecule is CN(c1ccccc1)c1ccc(/C=N\NC(=O)Cn2ccccc2=O)cc1[N+](=O)[O-]. The van der Waals surface area contributed by atoms with Gasteiger partial charge in [0.2, 0.25) is 0 Å². The first-order valence-electron chi connectivity index (χ1n) is 9.00. The van der Waals surface area contributed by atoms with E-state index < -0.39 is 10.8 Å². The fourth-order valence-electron chi connectivity index (χ4n) is 2.80. The Morgan fingerprint density at radius 1 is 1.17 bits per heavy atom. The van der Waals surface area contributed by atoms with Crippen molar-refractivity contribution in [3.05, 3.63) is 99.0 Å². The highest BCUT2D eigenvalue weighted by Crippen LogP contribution is 2.32. The second-order valence-corrected chi connectivity index (χ2v) is 6.36. The molecule has 0 unspecified atom stereocenters. The number of rotatable bonds is 7. The van der Waals surface area contributed by atoms with E-state index in [1.165, 1.54) is 29.1 Å². The number of amides is 1. The Morgan fingerprint density at radius 2 is 1.90 bits per heavy atom. The highest BCUT2D eigenvalue weighted by atomic mass is 16.6. The second-order valence-electron chi connectivity index (χ2n) is 6.36. The number of carbonyl (C=O) groups excluding carboxylic acids is 1. The van der Waals surface area contributed by atoms with Crippen LogP contribution in [-0.2, 0) is 11.3 Å². The van der Waals surface area contributed by atoms with Crippen LogP contribution < -0.4 is 15.9 Å². The summed E-state index contributed by atoms with van der Waals surface area (Å²) < 4.78 is 1.24. The molecule has 9 nitrogen and oxygen atoms in total. The average molecular weight is 405 g/mol. The average Bonchev–Trinajstić information content (AvgIpc) is 2.75. The van der Waals surface area contributed by atoms with Gasteiger partial charge >= 0.3 is 0 Å². The van der Waals surface area contributed by atoms with Gasteiger partial charge in [-0.3, -0.25) is 19.7 Å². The van der Waals surface area contributed by atoms with Crippen molar-refractivity contribution in [3.63, 3.8) is 0 Å². The van der Waals surface area contributed by atoms with Gasteiger partial charge in [0.1, 0.15) is 12.2 Å². The van der Waals surface area contributed by atoms with E-state index in [0.717, 1.165) is 5.69 Å². The van der Waals surface area contributed by atoms with Gasteiger partial charge in [0.05, 0.1) is 11.1 Å². The van der Waals surface area contributed by atoms with Gasteiger partial charge in [-0.1, -0.05) is 30.3 Å². The lowest BCUT2D eigenvalue weighted by molar-refractivity contribution is -0.384. The number of nitrogens with zero attached hydrogens (tertiary/aromatic N) is 4. The zero-order chi connectivity index (χ0) is 21.5. The molecule has 3 aromatic rings. The van der Waals surface area contributed by atoms with Crippen LogP contribution in [0.2, 0.25) is 0 Å². The molecule has 2 aromatic carbocycles. The van der Waals surface area contributed by atoms with Crippen LogP contribution in [0.15, 0.2) is 82.8 Å². The smallest absolute Gasteiger partial charge is 0.293 e. The molecule has 0 atom stereocenters. The van der Waals surface area contributed by atoms with Crippen molar-refractivity contribution < 1.29 is 9.72 Å². The maximum atomic E-state index is 11.9. The summed E-state index contributed by atoms with van der Waals surface area (Å²) in [5.74, 6) is -0.491. The number of hydrogen-bond donors (Lipinski definition) is 1. The molecule has 152 valence electrons. The lowest BCUT2D eigenvalue weighted by atomic mass is 10.1. The van der Waals surface area contributed by atoms with Crippen LogP contribution in [0.3, 0.4) is 0 Å². The molecular formula is C21H19N5O4. The molecule has 9 heteroatoms. The van der Waals surface area contributed by atoms with Crippen LogP contribution >= 0.6 is 0 Å². The minimum Gasteiger partial charge on any atom is -0.339 e. The van der Waals surface area contributed by atoms with Crippen molar-refractivity contribution in [3.8, 4) is 0 Å². The zero-order valence-corrected chi connectivity index (χ0v) is 16.1. The minimum absolute atomic E-state index is 0.0903. The van der Waals surface area contributed by atoms with Gasteiger partial charge in [-0.05, 0) is 24.3 Å². The van der Waals surface area contributed by atoms with Gasteiger partial charge in [-0.25, -0.2) is 5.43 Å². The lowest BCUT2D eigenvalue weighted by Crippen LogP contribution is -2.28. The second kappa shape index (κ2) is 9.28. The third kappa shape index (κ3) is 4.96. The molecule has 0 radical (unpaired) electrons. The van der Waals surface area contributed by atoms with Crippen LogP contribution in [0.4, 0.5) is 17.1 Å². The van der Waals surface area contributed by atoms with Gasteiger partial charge in [0, 0.05) is 36.6 Å².